The summed E-state index contributed by atoms with van der Waals surface area (Å²) < 4.78 is 57.3. The summed E-state index contributed by atoms with van der Waals surface area (Å²) in [4.78, 5) is 25.6. The van der Waals surface area contributed by atoms with E-state index in [9.17, 15) is 22.8 Å². The van der Waals surface area contributed by atoms with Crippen molar-refractivity contribution in [2.45, 2.75) is 126 Å². The van der Waals surface area contributed by atoms with E-state index in [4.69, 9.17) is 25.8 Å². The average molecular weight is 565 g/mol. The summed E-state index contributed by atoms with van der Waals surface area (Å²) >= 11 is 5.99. The second-order valence-corrected chi connectivity index (χ2v) is 12.2. The molecule has 0 amide bonds. The van der Waals surface area contributed by atoms with Gasteiger partial charge in [-0.1, -0.05) is 19.3 Å². The molecule has 38 heavy (non-hydrogen) atoms. The minimum absolute atomic E-state index is 0.0340. The van der Waals surface area contributed by atoms with E-state index in [0.29, 0.717) is 12.5 Å². The Hall–Kier alpha value is -1.68. The molecule has 1 heterocycles. The molecule has 3 saturated carbocycles. The smallest absolute Gasteiger partial charge is 0.393 e. The molecule has 0 bridgehead atoms. The lowest BCUT2D eigenvalue weighted by Crippen LogP contribution is -2.48. The summed E-state index contributed by atoms with van der Waals surface area (Å²) in [5.41, 5.74) is -0.289. The quantitative estimate of drug-likeness (QED) is 0.184. The van der Waals surface area contributed by atoms with Gasteiger partial charge in [0, 0.05) is 31.8 Å². The van der Waals surface area contributed by atoms with Crippen LogP contribution in [0.1, 0.15) is 90.9 Å². The lowest BCUT2D eigenvalue weighted by atomic mass is 9.80. The standard InChI is InChI=1S/C27H40ClF3N2O5/c1-26(2)37-24(34)22(25(35)38-26)23(32-15-16-8-13-21(28)20(14-16)27(29,30)31)33-17-9-11-19(12-10-17)36-18-6-4-3-5-7-18/h16-21,32-33H,3-15H2,1-2H3. The van der Waals surface area contributed by atoms with Crippen LogP contribution >= 0.6 is 11.6 Å². The van der Waals surface area contributed by atoms with Crippen molar-refractivity contribution in [2.75, 3.05) is 6.54 Å². The van der Waals surface area contributed by atoms with Gasteiger partial charge in [0.2, 0.25) is 0 Å². The number of esters is 2. The van der Waals surface area contributed by atoms with Crippen molar-refractivity contribution in [3.05, 3.63) is 11.4 Å². The molecule has 1 aliphatic heterocycles. The fourth-order valence-electron chi connectivity index (χ4n) is 6.08. The molecule has 2 N–H and O–H groups in total. The van der Waals surface area contributed by atoms with Gasteiger partial charge in [-0.05, 0) is 63.7 Å². The van der Waals surface area contributed by atoms with Gasteiger partial charge < -0.3 is 24.8 Å². The molecule has 0 aromatic carbocycles. The highest BCUT2D eigenvalue weighted by Gasteiger charge is 2.47. The van der Waals surface area contributed by atoms with Crippen LogP contribution in [0.2, 0.25) is 0 Å². The predicted octanol–water partition coefficient (Wildman–Crippen LogP) is 5.46. The monoisotopic (exact) mass is 564 g/mol. The molecule has 3 aliphatic carbocycles. The number of nitrogens with one attached hydrogen (secondary N) is 2. The SMILES string of the molecule is CC1(C)OC(=O)C(=C(NCC2CCC(Cl)C(C(F)(F)F)C2)NC2CCC(OC3CCCCC3)CC2)C(=O)O1. The van der Waals surface area contributed by atoms with Crippen LogP contribution in [-0.4, -0.2) is 54.1 Å². The second-order valence-electron chi connectivity index (χ2n) is 11.7. The van der Waals surface area contributed by atoms with Crippen LogP contribution in [0.15, 0.2) is 11.4 Å². The molecule has 1 saturated heterocycles. The van der Waals surface area contributed by atoms with E-state index < -0.39 is 35.2 Å². The minimum Gasteiger partial charge on any atom is -0.419 e. The molecular weight excluding hydrogens is 525 g/mol. The first-order valence-electron chi connectivity index (χ1n) is 14.0. The first kappa shape index (κ1) is 29.3. The molecule has 7 nitrogen and oxygen atoms in total. The van der Waals surface area contributed by atoms with Crippen LogP contribution in [-0.2, 0) is 23.8 Å². The van der Waals surface area contributed by atoms with Crippen LogP contribution in [0.4, 0.5) is 13.2 Å². The summed E-state index contributed by atoms with van der Waals surface area (Å²) in [5.74, 6) is -4.79. The van der Waals surface area contributed by atoms with Gasteiger partial charge in [-0.2, -0.15) is 13.2 Å². The number of cyclic esters (lactones) is 2. The maximum absolute atomic E-state index is 13.5. The Kier molecular flexibility index (Phi) is 9.43. The lowest BCUT2D eigenvalue weighted by Gasteiger charge is -2.36. The Morgan fingerprint density at radius 2 is 1.55 bits per heavy atom. The average Bonchev–Trinajstić information content (AvgIpc) is 2.83. The molecule has 0 aromatic heterocycles. The van der Waals surface area contributed by atoms with E-state index in [2.05, 4.69) is 10.6 Å². The normalized spacial score (nSPS) is 32.8. The molecule has 0 radical (unpaired) electrons. The van der Waals surface area contributed by atoms with Crippen LogP contribution in [0, 0.1) is 11.8 Å². The number of ether oxygens (including phenoxy) is 3. The molecule has 0 spiro atoms. The van der Waals surface area contributed by atoms with Crippen LogP contribution in [0.5, 0.6) is 0 Å². The van der Waals surface area contributed by atoms with Gasteiger partial charge >= 0.3 is 18.1 Å². The molecule has 11 heteroatoms. The van der Waals surface area contributed by atoms with Crippen molar-refractivity contribution in [2.24, 2.45) is 11.8 Å². The first-order valence-corrected chi connectivity index (χ1v) is 14.4. The fourth-order valence-corrected chi connectivity index (χ4v) is 6.45. The third-order valence-corrected chi connectivity index (χ3v) is 8.68. The molecule has 4 aliphatic rings. The highest BCUT2D eigenvalue weighted by atomic mass is 35.5. The van der Waals surface area contributed by atoms with Gasteiger partial charge in [-0.3, -0.25) is 0 Å². The number of hydrogen-bond donors (Lipinski definition) is 2. The van der Waals surface area contributed by atoms with Crippen LogP contribution in [0.25, 0.3) is 0 Å². The Morgan fingerprint density at radius 1 is 0.947 bits per heavy atom. The number of rotatable bonds is 7. The number of hydrogen-bond acceptors (Lipinski definition) is 7. The number of alkyl halides is 4. The molecular formula is C27H40ClF3N2O5. The minimum atomic E-state index is -4.37. The van der Waals surface area contributed by atoms with Crippen LogP contribution < -0.4 is 10.6 Å². The maximum Gasteiger partial charge on any atom is 0.393 e. The summed E-state index contributed by atoms with van der Waals surface area (Å²) in [6.45, 7) is 3.09. The molecule has 4 fully saturated rings. The third-order valence-electron chi connectivity index (χ3n) is 8.16. The molecule has 0 aromatic rings. The van der Waals surface area contributed by atoms with E-state index >= 15 is 0 Å². The highest BCUT2D eigenvalue weighted by Crippen LogP contribution is 2.42. The summed E-state index contributed by atoms with van der Waals surface area (Å²) in [7, 11) is 0. The molecule has 3 unspecified atom stereocenters. The zero-order valence-corrected chi connectivity index (χ0v) is 23.0. The van der Waals surface area contributed by atoms with Gasteiger partial charge in [0.1, 0.15) is 5.82 Å². The van der Waals surface area contributed by atoms with E-state index in [1.807, 2.05) is 0 Å². The van der Waals surface area contributed by atoms with E-state index in [0.717, 1.165) is 38.5 Å². The van der Waals surface area contributed by atoms with E-state index in [1.54, 1.807) is 0 Å². The Labute approximate surface area is 227 Å². The van der Waals surface area contributed by atoms with Gasteiger partial charge in [0.25, 0.3) is 5.79 Å². The Balaban J connectivity index is 1.41. The van der Waals surface area contributed by atoms with Crippen molar-refractivity contribution in [3.8, 4) is 0 Å². The van der Waals surface area contributed by atoms with Crippen molar-refractivity contribution in [1.82, 2.24) is 10.6 Å². The maximum atomic E-state index is 13.5. The molecule has 3 atom stereocenters. The Morgan fingerprint density at radius 3 is 2.16 bits per heavy atom. The van der Waals surface area contributed by atoms with Crippen molar-refractivity contribution in [3.63, 3.8) is 0 Å². The van der Waals surface area contributed by atoms with E-state index in [-0.39, 0.29) is 48.8 Å². The van der Waals surface area contributed by atoms with Crippen LogP contribution in [0.3, 0.4) is 0 Å². The van der Waals surface area contributed by atoms with E-state index in [1.165, 1.54) is 33.1 Å². The predicted molar refractivity (Wildman–Crippen MR) is 135 cm³/mol. The lowest BCUT2D eigenvalue weighted by molar-refractivity contribution is -0.222. The zero-order chi connectivity index (χ0) is 27.5. The summed E-state index contributed by atoms with van der Waals surface area (Å²) in [5, 5.41) is 5.43. The largest absolute Gasteiger partial charge is 0.419 e. The topological polar surface area (TPSA) is 85.9 Å². The summed E-state index contributed by atoms with van der Waals surface area (Å²) in [6, 6.07) is -0.0340. The number of carbonyl (C=O) groups excluding carboxylic acids is 2. The van der Waals surface area contributed by atoms with Gasteiger partial charge in [0.15, 0.2) is 5.57 Å². The summed E-state index contributed by atoms with van der Waals surface area (Å²) in [6.07, 6.45) is 5.98. The van der Waals surface area contributed by atoms with Gasteiger partial charge in [-0.15, -0.1) is 11.6 Å². The van der Waals surface area contributed by atoms with Crippen molar-refractivity contribution >= 4 is 23.5 Å². The molecule has 216 valence electrons. The van der Waals surface area contributed by atoms with Crippen molar-refractivity contribution < 1.29 is 37.0 Å². The Bertz CT molecular complexity index is 860. The number of halogens is 4. The number of carbonyl (C=O) groups is 2. The highest BCUT2D eigenvalue weighted by molar-refractivity contribution is 6.20. The second kappa shape index (κ2) is 12.2. The molecule has 4 rings (SSSR count). The third kappa shape index (κ3) is 7.71. The fraction of sp³-hybridized carbons (Fsp3) is 0.852. The first-order chi connectivity index (χ1) is 17.9. The van der Waals surface area contributed by atoms with Crippen molar-refractivity contribution in [1.29, 1.82) is 0 Å². The van der Waals surface area contributed by atoms with Gasteiger partial charge in [-0.25, -0.2) is 9.59 Å². The van der Waals surface area contributed by atoms with Gasteiger partial charge in [0.05, 0.1) is 18.1 Å². The zero-order valence-electron chi connectivity index (χ0n) is 22.2.